The van der Waals surface area contributed by atoms with Crippen molar-refractivity contribution >= 4 is 39.0 Å². The molecule has 0 unspecified atom stereocenters. The minimum atomic E-state index is 0.0936. The number of hydrogen-bond acceptors (Lipinski definition) is 5. The standard InChI is InChI=1S/C24H28N4OS/c1-15-6-7-20-19(13-15)5-4-10-28(20)24(29)18-8-11-27(12-9-18)22-21-16(2)17(3)30-23(21)26-14-25-22/h6-7,13-14,18H,4-5,8-12H2,1-3H3. The van der Waals surface area contributed by atoms with Crippen molar-refractivity contribution < 1.29 is 4.79 Å². The Morgan fingerprint density at radius 1 is 1.10 bits per heavy atom. The third-order valence-electron chi connectivity index (χ3n) is 6.71. The summed E-state index contributed by atoms with van der Waals surface area (Å²) in [4.78, 5) is 29.3. The average molecular weight is 421 g/mol. The topological polar surface area (TPSA) is 49.3 Å². The highest BCUT2D eigenvalue weighted by molar-refractivity contribution is 7.18. The van der Waals surface area contributed by atoms with E-state index in [1.54, 1.807) is 17.7 Å². The lowest BCUT2D eigenvalue weighted by Gasteiger charge is -2.37. The van der Waals surface area contributed by atoms with E-state index in [-0.39, 0.29) is 5.92 Å². The van der Waals surface area contributed by atoms with Crippen molar-refractivity contribution in [3.05, 3.63) is 46.1 Å². The summed E-state index contributed by atoms with van der Waals surface area (Å²) >= 11 is 1.74. The van der Waals surface area contributed by atoms with Gasteiger partial charge < -0.3 is 9.80 Å². The molecule has 4 heterocycles. The number of anilines is 2. The van der Waals surface area contributed by atoms with E-state index in [0.29, 0.717) is 5.91 Å². The Balaban J connectivity index is 1.33. The third-order valence-corrected chi connectivity index (χ3v) is 7.82. The maximum atomic E-state index is 13.4. The number of aromatic nitrogens is 2. The van der Waals surface area contributed by atoms with E-state index >= 15 is 0 Å². The molecule has 0 bridgehead atoms. The van der Waals surface area contributed by atoms with E-state index in [1.807, 2.05) is 4.90 Å². The molecule has 30 heavy (non-hydrogen) atoms. The van der Waals surface area contributed by atoms with Crippen LogP contribution in [0, 0.1) is 26.7 Å². The largest absolute Gasteiger partial charge is 0.356 e. The molecule has 2 aromatic heterocycles. The van der Waals surface area contributed by atoms with E-state index in [4.69, 9.17) is 0 Å². The van der Waals surface area contributed by atoms with Crippen LogP contribution >= 0.6 is 11.3 Å². The van der Waals surface area contributed by atoms with Gasteiger partial charge in [-0.1, -0.05) is 17.7 Å². The zero-order chi connectivity index (χ0) is 20.8. The molecule has 1 amide bonds. The number of carbonyl (C=O) groups excluding carboxylic acids is 1. The lowest BCUT2D eigenvalue weighted by atomic mass is 9.92. The minimum absolute atomic E-state index is 0.0936. The fourth-order valence-electron chi connectivity index (χ4n) is 4.92. The van der Waals surface area contributed by atoms with Crippen LogP contribution in [-0.4, -0.2) is 35.5 Å². The number of fused-ring (bicyclic) bond motifs is 2. The lowest BCUT2D eigenvalue weighted by Crippen LogP contribution is -2.44. The van der Waals surface area contributed by atoms with Gasteiger partial charge in [0.1, 0.15) is 17.0 Å². The molecule has 0 spiro atoms. The van der Waals surface area contributed by atoms with Crippen molar-refractivity contribution in [2.24, 2.45) is 5.92 Å². The average Bonchev–Trinajstić information content (AvgIpc) is 3.06. The van der Waals surface area contributed by atoms with E-state index in [0.717, 1.165) is 61.7 Å². The maximum Gasteiger partial charge on any atom is 0.230 e. The van der Waals surface area contributed by atoms with Gasteiger partial charge in [-0.15, -0.1) is 11.3 Å². The van der Waals surface area contributed by atoms with E-state index in [2.05, 4.69) is 53.8 Å². The molecule has 1 saturated heterocycles. The van der Waals surface area contributed by atoms with E-state index < -0.39 is 0 Å². The SMILES string of the molecule is Cc1ccc2c(c1)CCCN2C(=O)C1CCN(c2ncnc3sc(C)c(C)c23)CC1. The minimum Gasteiger partial charge on any atom is -0.356 e. The molecule has 3 aromatic rings. The first-order valence-electron chi connectivity index (χ1n) is 10.9. The number of hydrogen-bond donors (Lipinski definition) is 0. The van der Waals surface area contributed by atoms with Gasteiger partial charge in [0.2, 0.25) is 5.91 Å². The van der Waals surface area contributed by atoms with Crippen LogP contribution < -0.4 is 9.80 Å². The molecule has 6 heteroatoms. The summed E-state index contributed by atoms with van der Waals surface area (Å²) in [5, 5.41) is 1.19. The van der Waals surface area contributed by atoms with Gasteiger partial charge in [0.05, 0.1) is 5.39 Å². The second kappa shape index (κ2) is 7.65. The van der Waals surface area contributed by atoms with Crippen molar-refractivity contribution in [2.45, 2.75) is 46.5 Å². The van der Waals surface area contributed by atoms with Crippen LogP contribution in [0.4, 0.5) is 11.5 Å². The van der Waals surface area contributed by atoms with Gasteiger partial charge >= 0.3 is 0 Å². The summed E-state index contributed by atoms with van der Waals surface area (Å²) in [7, 11) is 0. The summed E-state index contributed by atoms with van der Waals surface area (Å²) in [5.41, 5.74) is 5.00. The predicted octanol–water partition coefficient (Wildman–Crippen LogP) is 4.81. The Bertz CT molecular complexity index is 1110. The molecule has 2 aliphatic rings. The normalized spacial score (nSPS) is 17.4. The number of benzene rings is 1. The Morgan fingerprint density at radius 3 is 2.70 bits per heavy atom. The van der Waals surface area contributed by atoms with Gasteiger partial charge in [0.15, 0.2) is 0 Å². The van der Waals surface area contributed by atoms with Crippen LogP contribution in [0.3, 0.4) is 0 Å². The summed E-state index contributed by atoms with van der Waals surface area (Å²) in [6, 6.07) is 6.50. The molecule has 5 rings (SSSR count). The first kappa shape index (κ1) is 19.5. The fourth-order valence-corrected chi connectivity index (χ4v) is 5.91. The van der Waals surface area contributed by atoms with Gasteiger partial charge in [0.25, 0.3) is 0 Å². The molecule has 156 valence electrons. The van der Waals surface area contributed by atoms with Crippen molar-refractivity contribution in [3.63, 3.8) is 0 Å². The molecule has 0 N–H and O–H groups in total. The van der Waals surface area contributed by atoms with Crippen LogP contribution in [0.1, 0.15) is 40.8 Å². The zero-order valence-electron chi connectivity index (χ0n) is 17.9. The van der Waals surface area contributed by atoms with Crippen molar-refractivity contribution in [2.75, 3.05) is 29.4 Å². The second-order valence-electron chi connectivity index (χ2n) is 8.65. The Morgan fingerprint density at radius 2 is 1.90 bits per heavy atom. The number of nitrogens with zero attached hydrogens (tertiary/aromatic N) is 4. The molecule has 0 aliphatic carbocycles. The van der Waals surface area contributed by atoms with Crippen LogP contribution in [-0.2, 0) is 11.2 Å². The number of carbonyl (C=O) groups is 1. The smallest absolute Gasteiger partial charge is 0.230 e. The van der Waals surface area contributed by atoms with E-state index in [9.17, 15) is 4.79 Å². The first-order valence-corrected chi connectivity index (χ1v) is 11.7. The lowest BCUT2D eigenvalue weighted by molar-refractivity contribution is -0.123. The van der Waals surface area contributed by atoms with Gasteiger partial charge in [0, 0.05) is 36.1 Å². The van der Waals surface area contributed by atoms with Crippen LogP contribution in [0.5, 0.6) is 0 Å². The fraction of sp³-hybridized carbons (Fsp3) is 0.458. The Kier molecular flexibility index (Phi) is 4.97. The predicted molar refractivity (Wildman–Crippen MR) is 124 cm³/mol. The number of thiophene rings is 1. The summed E-state index contributed by atoms with van der Waals surface area (Å²) < 4.78 is 0. The number of piperidine rings is 1. The third kappa shape index (κ3) is 3.27. The van der Waals surface area contributed by atoms with Crippen LogP contribution in [0.2, 0.25) is 0 Å². The van der Waals surface area contributed by atoms with Gasteiger partial charge in [-0.3, -0.25) is 4.79 Å². The summed E-state index contributed by atoms with van der Waals surface area (Å²) in [6.07, 6.45) is 5.56. The van der Waals surface area contributed by atoms with Crippen LogP contribution in [0.15, 0.2) is 24.5 Å². The first-order chi connectivity index (χ1) is 14.5. The molecule has 0 saturated carbocycles. The molecule has 0 radical (unpaired) electrons. The van der Waals surface area contributed by atoms with Crippen molar-refractivity contribution in [1.29, 1.82) is 0 Å². The highest BCUT2D eigenvalue weighted by Gasteiger charge is 2.32. The summed E-state index contributed by atoms with van der Waals surface area (Å²) in [5.74, 6) is 1.43. The van der Waals surface area contributed by atoms with Crippen LogP contribution in [0.25, 0.3) is 10.2 Å². The molecular weight excluding hydrogens is 392 g/mol. The highest BCUT2D eigenvalue weighted by atomic mass is 32.1. The summed E-state index contributed by atoms with van der Waals surface area (Å²) in [6.45, 7) is 9.00. The number of aryl methyl sites for hydroxylation is 4. The quantitative estimate of drug-likeness (QED) is 0.597. The second-order valence-corrected chi connectivity index (χ2v) is 9.85. The maximum absolute atomic E-state index is 13.4. The molecule has 2 aliphatic heterocycles. The molecular formula is C24H28N4OS. The highest BCUT2D eigenvalue weighted by Crippen LogP contribution is 2.36. The number of rotatable bonds is 2. The van der Waals surface area contributed by atoms with Crippen molar-refractivity contribution in [1.82, 2.24) is 9.97 Å². The zero-order valence-corrected chi connectivity index (χ0v) is 18.8. The Hall–Kier alpha value is -2.47. The molecule has 0 atom stereocenters. The van der Waals surface area contributed by atoms with Gasteiger partial charge in [-0.05, 0) is 63.6 Å². The van der Waals surface area contributed by atoms with E-state index in [1.165, 1.54) is 27.0 Å². The molecule has 1 aromatic carbocycles. The van der Waals surface area contributed by atoms with Crippen molar-refractivity contribution in [3.8, 4) is 0 Å². The number of amides is 1. The van der Waals surface area contributed by atoms with Gasteiger partial charge in [-0.2, -0.15) is 0 Å². The monoisotopic (exact) mass is 420 g/mol. The van der Waals surface area contributed by atoms with Gasteiger partial charge in [-0.25, -0.2) is 9.97 Å². The Labute approximate surface area is 181 Å². The molecule has 1 fully saturated rings. The molecule has 5 nitrogen and oxygen atoms in total.